The summed E-state index contributed by atoms with van der Waals surface area (Å²) in [4.78, 5) is 26.6. The quantitative estimate of drug-likeness (QED) is 0.497. The van der Waals surface area contributed by atoms with Crippen LogP contribution < -0.4 is 0 Å². The number of aromatic nitrogens is 1. The lowest BCUT2D eigenvalue weighted by Crippen LogP contribution is -2.43. The van der Waals surface area contributed by atoms with E-state index in [-0.39, 0.29) is 36.1 Å². The van der Waals surface area contributed by atoms with E-state index < -0.39 is 0 Å². The molecule has 0 N–H and O–H groups in total. The van der Waals surface area contributed by atoms with Crippen molar-refractivity contribution in [1.82, 2.24) is 9.47 Å². The molecule has 0 saturated carbocycles. The lowest BCUT2D eigenvalue weighted by molar-refractivity contribution is -0.143. The van der Waals surface area contributed by atoms with Gasteiger partial charge in [-0.1, -0.05) is 12.1 Å². The molecule has 0 aliphatic heterocycles. The first-order chi connectivity index (χ1) is 15.9. The minimum absolute atomic E-state index is 0.0405. The number of ether oxygens (including phenoxy) is 1. The predicted octanol–water partition coefficient (Wildman–Crippen LogP) is 4.43. The summed E-state index contributed by atoms with van der Waals surface area (Å²) in [5, 5.41) is 0.771. The molecular weight excluding hydrogens is 426 g/mol. The molecule has 0 saturated heterocycles. The van der Waals surface area contributed by atoms with Crippen molar-refractivity contribution < 1.29 is 23.1 Å². The third-order valence-electron chi connectivity index (χ3n) is 6.37. The molecule has 7 heteroatoms. The van der Waals surface area contributed by atoms with Crippen molar-refractivity contribution in [3.05, 3.63) is 70.9 Å². The van der Waals surface area contributed by atoms with E-state index in [2.05, 4.69) is 0 Å². The number of carbonyl (C=O) groups excluding carboxylic acids is 2. The van der Waals surface area contributed by atoms with Gasteiger partial charge in [0.05, 0.1) is 6.61 Å². The summed E-state index contributed by atoms with van der Waals surface area (Å²) in [6.07, 6.45) is 2.53. The monoisotopic (exact) mass is 454 g/mol. The molecule has 1 aliphatic carbocycles. The van der Waals surface area contributed by atoms with Gasteiger partial charge in [-0.3, -0.25) is 9.59 Å². The lowest BCUT2D eigenvalue weighted by atomic mass is 9.90. The summed E-state index contributed by atoms with van der Waals surface area (Å²) < 4.78 is 34.7. The maximum atomic E-state index is 14.1. The number of benzene rings is 2. The van der Waals surface area contributed by atoms with Crippen molar-refractivity contribution in [3.63, 3.8) is 0 Å². The van der Waals surface area contributed by atoms with Crippen LogP contribution in [0.25, 0.3) is 10.9 Å². The first kappa shape index (κ1) is 23.0. The van der Waals surface area contributed by atoms with Crippen molar-refractivity contribution in [3.8, 4) is 0 Å². The van der Waals surface area contributed by atoms with E-state index in [1.165, 1.54) is 24.3 Å². The standard InChI is InChI=1S/C26H28F2N2O3/c1-3-33-26(32)16-30-24-9-7-20(28)14-22(24)23-15-21(8-10-25(23)30)29(17(2)31)12-11-18-5-4-6-19(27)13-18/h4-7,9,13-14,21H,3,8,10-12,15-16H2,1-2H3/t21-/m0/s1. The summed E-state index contributed by atoms with van der Waals surface area (Å²) in [5.74, 6) is -0.999. The minimum Gasteiger partial charge on any atom is -0.465 e. The normalized spacial score (nSPS) is 15.3. The highest BCUT2D eigenvalue weighted by Gasteiger charge is 2.30. The highest BCUT2D eigenvalue weighted by atomic mass is 19.1. The molecule has 1 amide bonds. The molecule has 1 heterocycles. The summed E-state index contributed by atoms with van der Waals surface area (Å²) >= 11 is 0. The molecule has 5 nitrogen and oxygen atoms in total. The Labute approximate surface area is 191 Å². The number of carbonyl (C=O) groups is 2. The molecule has 0 bridgehead atoms. The van der Waals surface area contributed by atoms with Gasteiger partial charge in [0.2, 0.25) is 5.91 Å². The number of fused-ring (bicyclic) bond motifs is 3. The predicted molar refractivity (Wildman–Crippen MR) is 122 cm³/mol. The van der Waals surface area contributed by atoms with Gasteiger partial charge in [-0.25, -0.2) is 8.78 Å². The molecule has 1 atom stereocenters. The van der Waals surface area contributed by atoms with Crippen molar-refractivity contribution in [2.75, 3.05) is 13.2 Å². The summed E-state index contributed by atoms with van der Waals surface area (Å²) in [5.41, 5.74) is 3.60. The van der Waals surface area contributed by atoms with Crippen LogP contribution in [0.15, 0.2) is 42.5 Å². The zero-order valence-electron chi connectivity index (χ0n) is 18.9. The number of nitrogens with zero attached hydrogens (tertiary/aromatic N) is 2. The van der Waals surface area contributed by atoms with E-state index in [9.17, 15) is 18.4 Å². The van der Waals surface area contributed by atoms with Crippen LogP contribution in [0, 0.1) is 11.6 Å². The molecular formula is C26H28F2N2O3. The van der Waals surface area contributed by atoms with Gasteiger partial charge in [-0.2, -0.15) is 0 Å². The molecule has 33 heavy (non-hydrogen) atoms. The Hall–Kier alpha value is -3.22. The molecule has 0 spiro atoms. The van der Waals surface area contributed by atoms with Gasteiger partial charge in [0, 0.05) is 36.1 Å². The lowest BCUT2D eigenvalue weighted by Gasteiger charge is -2.34. The highest BCUT2D eigenvalue weighted by Crippen LogP contribution is 2.34. The van der Waals surface area contributed by atoms with Crippen LogP contribution >= 0.6 is 0 Å². The Morgan fingerprint density at radius 3 is 2.67 bits per heavy atom. The molecule has 3 aromatic rings. The zero-order valence-corrected chi connectivity index (χ0v) is 18.9. The average molecular weight is 455 g/mol. The fourth-order valence-electron chi connectivity index (χ4n) is 4.93. The van der Waals surface area contributed by atoms with Gasteiger partial charge in [0.1, 0.15) is 18.2 Å². The molecule has 4 rings (SSSR count). The highest BCUT2D eigenvalue weighted by molar-refractivity contribution is 5.87. The van der Waals surface area contributed by atoms with Crippen LogP contribution in [0.2, 0.25) is 0 Å². The summed E-state index contributed by atoms with van der Waals surface area (Å²) in [6.45, 7) is 4.17. The first-order valence-corrected chi connectivity index (χ1v) is 11.3. The topological polar surface area (TPSA) is 51.5 Å². The number of esters is 1. The van der Waals surface area contributed by atoms with Gasteiger partial charge in [-0.05, 0) is 74.1 Å². The number of rotatable bonds is 7. The van der Waals surface area contributed by atoms with E-state index >= 15 is 0 Å². The number of hydrogen-bond acceptors (Lipinski definition) is 3. The van der Waals surface area contributed by atoms with Gasteiger partial charge >= 0.3 is 5.97 Å². The van der Waals surface area contributed by atoms with Crippen LogP contribution in [0.4, 0.5) is 8.78 Å². The van der Waals surface area contributed by atoms with Gasteiger partial charge in [0.15, 0.2) is 0 Å². The SMILES string of the molecule is CCOC(=O)Cn1c2c(c3cc(F)ccc31)C[C@@H](N(CCc1cccc(F)c1)C(C)=O)CC2. The van der Waals surface area contributed by atoms with Crippen LogP contribution in [0.3, 0.4) is 0 Å². The Morgan fingerprint density at radius 2 is 1.94 bits per heavy atom. The third kappa shape index (κ3) is 4.92. The molecule has 1 aliphatic rings. The van der Waals surface area contributed by atoms with E-state index in [0.29, 0.717) is 32.4 Å². The van der Waals surface area contributed by atoms with E-state index in [4.69, 9.17) is 4.74 Å². The van der Waals surface area contributed by atoms with E-state index in [1.807, 2.05) is 15.5 Å². The minimum atomic E-state index is -0.338. The molecule has 174 valence electrons. The van der Waals surface area contributed by atoms with Crippen LogP contribution in [0.5, 0.6) is 0 Å². The Bertz CT molecular complexity index is 1190. The maximum absolute atomic E-state index is 14.1. The van der Waals surface area contributed by atoms with E-state index in [1.54, 1.807) is 26.0 Å². The van der Waals surface area contributed by atoms with Gasteiger partial charge in [-0.15, -0.1) is 0 Å². The van der Waals surface area contributed by atoms with Crippen LogP contribution in [0.1, 0.15) is 37.1 Å². The zero-order chi connectivity index (χ0) is 23.5. The van der Waals surface area contributed by atoms with Crippen LogP contribution in [-0.2, 0) is 40.1 Å². The Balaban J connectivity index is 1.62. The maximum Gasteiger partial charge on any atom is 0.325 e. The van der Waals surface area contributed by atoms with E-state index in [0.717, 1.165) is 34.1 Å². The number of halogens is 2. The molecule has 0 fully saturated rings. The van der Waals surface area contributed by atoms with Crippen molar-refractivity contribution in [2.45, 2.75) is 52.1 Å². The third-order valence-corrected chi connectivity index (χ3v) is 6.37. The van der Waals surface area contributed by atoms with Gasteiger partial charge in [0.25, 0.3) is 0 Å². The summed E-state index contributed by atoms with van der Waals surface area (Å²) in [7, 11) is 0. The van der Waals surface area contributed by atoms with Crippen molar-refractivity contribution in [2.24, 2.45) is 0 Å². The Morgan fingerprint density at radius 1 is 1.15 bits per heavy atom. The fourth-order valence-corrected chi connectivity index (χ4v) is 4.93. The summed E-state index contributed by atoms with van der Waals surface area (Å²) in [6, 6.07) is 11.0. The molecule has 0 radical (unpaired) electrons. The van der Waals surface area contributed by atoms with Crippen molar-refractivity contribution in [1.29, 1.82) is 0 Å². The smallest absolute Gasteiger partial charge is 0.325 e. The second-order valence-corrected chi connectivity index (χ2v) is 8.47. The molecule has 1 aromatic heterocycles. The molecule has 2 aromatic carbocycles. The second kappa shape index (κ2) is 9.73. The van der Waals surface area contributed by atoms with Crippen molar-refractivity contribution >= 4 is 22.8 Å². The largest absolute Gasteiger partial charge is 0.465 e. The first-order valence-electron chi connectivity index (χ1n) is 11.3. The number of hydrogen-bond donors (Lipinski definition) is 0. The molecule has 0 unspecified atom stereocenters. The Kier molecular flexibility index (Phi) is 6.77. The average Bonchev–Trinajstić information content (AvgIpc) is 3.06. The fraction of sp³-hybridized carbons (Fsp3) is 0.385. The second-order valence-electron chi connectivity index (χ2n) is 8.47. The van der Waals surface area contributed by atoms with Crippen LogP contribution in [-0.4, -0.2) is 40.5 Å². The van der Waals surface area contributed by atoms with Gasteiger partial charge < -0.3 is 14.2 Å². The number of amides is 1.